The van der Waals surface area contributed by atoms with Crippen molar-refractivity contribution < 1.29 is 12.8 Å². The number of hydrogen-bond donors (Lipinski definition) is 3. The molecule has 1 unspecified atom stereocenters. The lowest BCUT2D eigenvalue weighted by Crippen LogP contribution is -2.30. The highest BCUT2D eigenvalue weighted by atomic mass is 32.2. The molecular weight excluding hydrogens is 354 g/mol. The fraction of sp³-hybridized carbons (Fsp3) is 0.118. The van der Waals surface area contributed by atoms with Crippen LogP contribution in [0.15, 0.2) is 70.3 Å². The van der Waals surface area contributed by atoms with Crippen LogP contribution in [0.25, 0.3) is 0 Å². The lowest BCUT2D eigenvalue weighted by Gasteiger charge is -2.16. The lowest BCUT2D eigenvalue weighted by atomic mass is 10.0. The Kier molecular flexibility index (Phi) is 5.10. The van der Waals surface area contributed by atoms with Gasteiger partial charge in [0.2, 0.25) is 22.3 Å². The number of nitrogen functional groups attached to an aromatic ring is 1. The van der Waals surface area contributed by atoms with Crippen LogP contribution in [0.1, 0.15) is 23.1 Å². The molecule has 26 heavy (non-hydrogen) atoms. The van der Waals surface area contributed by atoms with Crippen LogP contribution in [0, 0.1) is 5.41 Å². The molecular formula is C17H17N5O3S. The maximum absolute atomic E-state index is 12.6. The van der Waals surface area contributed by atoms with Crippen LogP contribution in [0.4, 0.5) is 0 Å². The van der Waals surface area contributed by atoms with E-state index in [1.54, 1.807) is 36.4 Å². The average molecular weight is 371 g/mol. The second-order valence-corrected chi connectivity index (χ2v) is 7.30. The van der Waals surface area contributed by atoms with E-state index < -0.39 is 16.1 Å². The van der Waals surface area contributed by atoms with Gasteiger partial charge < -0.3 is 10.2 Å². The topological polar surface area (TPSA) is 135 Å². The van der Waals surface area contributed by atoms with Gasteiger partial charge in [0.15, 0.2) is 0 Å². The van der Waals surface area contributed by atoms with Gasteiger partial charge in [-0.15, -0.1) is 10.2 Å². The first-order chi connectivity index (χ1) is 12.5. The second kappa shape index (κ2) is 7.46. The highest BCUT2D eigenvalue weighted by molar-refractivity contribution is 7.89. The first kappa shape index (κ1) is 17.8. The Balaban J connectivity index is 1.90. The van der Waals surface area contributed by atoms with Crippen LogP contribution in [-0.2, 0) is 16.4 Å². The summed E-state index contributed by atoms with van der Waals surface area (Å²) >= 11 is 0. The van der Waals surface area contributed by atoms with Gasteiger partial charge in [0.25, 0.3) is 0 Å². The van der Waals surface area contributed by atoms with Gasteiger partial charge in [-0.05, 0) is 30.2 Å². The zero-order valence-corrected chi connectivity index (χ0v) is 14.5. The summed E-state index contributed by atoms with van der Waals surface area (Å²) in [7, 11) is -3.78. The Bertz CT molecular complexity index is 988. The predicted molar refractivity (Wildman–Crippen MR) is 95.0 cm³/mol. The number of nitrogens with zero attached hydrogens (tertiary/aromatic N) is 2. The molecule has 0 saturated heterocycles. The van der Waals surface area contributed by atoms with Crippen molar-refractivity contribution >= 4 is 15.9 Å². The third kappa shape index (κ3) is 4.13. The number of rotatable bonds is 7. The van der Waals surface area contributed by atoms with Crippen molar-refractivity contribution in [2.24, 2.45) is 5.73 Å². The molecule has 0 saturated carbocycles. The van der Waals surface area contributed by atoms with Gasteiger partial charge in [0.05, 0.1) is 4.90 Å². The molecule has 3 rings (SSSR count). The molecule has 0 aliphatic rings. The van der Waals surface area contributed by atoms with E-state index in [4.69, 9.17) is 15.6 Å². The summed E-state index contributed by atoms with van der Waals surface area (Å²) in [4.78, 5) is 0.141. The highest BCUT2D eigenvalue weighted by Crippen LogP contribution is 2.20. The number of amidine groups is 1. The molecule has 134 valence electrons. The maximum Gasteiger partial charge on any atom is 0.241 e. The summed E-state index contributed by atoms with van der Waals surface area (Å²) in [6.07, 6.45) is 1.40. The molecule has 1 heterocycles. The van der Waals surface area contributed by atoms with E-state index in [2.05, 4.69) is 14.9 Å². The standard InChI is InChI=1S/C17H17N5O3S/c18-16(19)13-6-4-5-12(9-13)10-15(17-21-20-11-25-17)22-26(23,24)14-7-2-1-3-8-14/h1-9,11,15,22H,10H2,(H3,18,19). The van der Waals surface area contributed by atoms with Gasteiger partial charge in [0, 0.05) is 5.56 Å². The summed E-state index contributed by atoms with van der Waals surface area (Å²) in [6, 6.07) is 14.3. The van der Waals surface area contributed by atoms with Crippen LogP contribution in [-0.4, -0.2) is 24.5 Å². The predicted octanol–water partition coefficient (Wildman–Crippen LogP) is 1.62. The van der Waals surface area contributed by atoms with E-state index in [1.165, 1.54) is 12.1 Å². The molecule has 0 bridgehead atoms. The fourth-order valence-corrected chi connectivity index (χ4v) is 3.68. The maximum atomic E-state index is 12.6. The van der Waals surface area contributed by atoms with E-state index in [9.17, 15) is 8.42 Å². The van der Waals surface area contributed by atoms with E-state index in [1.807, 2.05) is 6.07 Å². The van der Waals surface area contributed by atoms with Gasteiger partial charge in [-0.3, -0.25) is 5.41 Å². The Morgan fingerprint density at radius 3 is 2.62 bits per heavy atom. The molecule has 1 atom stereocenters. The number of sulfonamides is 1. The largest absolute Gasteiger partial charge is 0.426 e. The molecule has 9 heteroatoms. The smallest absolute Gasteiger partial charge is 0.241 e. The number of benzene rings is 2. The Morgan fingerprint density at radius 2 is 1.96 bits per heavy atom. The van der Waals surface area contributed by atoms with Crippen LogP contribution < -0.4 is 10.5 Å². The minimum absolute atomic E-state index is 0.0638. The van der Waals surface area contributed by atoms with Crippen molar-refractivity contribution in [2.45, 2.75) is 17.4 Å². The molecule has 2 aromatic carbocycles. The first-order valence-corrected chi connectivity index (χ1v) is 9.21. The van der Waals surface area contributed by atoms with Gasteiger partial charge in [0.1, 0.15) is 11.9 Å². The van der Waals surface area contributed by atoms with Crippen LogP contribution in [0.2, 0.25) is 0 Å². The molecule has 0 fully saturated rings. The van der Waals surface area contributed by atoms with Gasteiger partial charge in [-0.2, -0.15) is 4.72 Å². The fourth-order valence-electron chi connectivity index (χ4n) is 2.47. The Labute approximate surface area is 150 Å². The quantitative estimate of drug-likeness (QED) is 0.426. The summed E-state index contributed by atoms with van der Waals surface area (Å²) in [5, 5.41) is 15.0. The molecule has 1 aromatic heterocycles. The number of nitrogens with two attached hydrogens (primary N) is 1. The van der Waals surface area contributed by atoms with E-state index in [0.717, 1.165) is 12.0 Å². The molecule has 8 nitrogen and oxygen atoms in total. The minimum atomic E-state index is -3.78. The zero-order chi connectivity index (χ0) is 18.6. The molecule has 3 aromatic rings. The first-order valence-electron chi connectivity index (χ1n) is 7.72. The van der Waals surface area contributed by atoms with Crippen LogP contribution in [0.3, 0.4) is 0 Å². The van der Waals surface area contributed by atoms with Crippen molar-refractivity contribution in [1.29, 1.82) is 5.41 Å². The van der Waals surface area contributed by atoms with E-state index in [-0.39, 0.29) is 23.0 Å². The van der Waals surface area contributed by atoms with E-state index >= 15 is 0 Å². The van der Waals surface area contributed by atoms with E-state index in [0.29, 0.717) is 5.56 Å². The van der Waals surface area contributed by atoms with Gasteiger partial charge >= 0.3 is 0 Å². The van der Waals surface area contributed by atoms with Crippen LogP contribution >= 0.6 is 0 Å². The number of nitrogens with one attached hydrogen (secondary N) is 2. The molecule has 0 amide bonds. The summed E-state index contributed by atoms with van der Waals surface area (Å²) < 4.78 is 33.1. The average Bonchev–Trinajstić information content (AvgIpc) is 3.17. The molecule has 0 aliphatic heterocycles. The summed E-state index contributed by atoms with van der Waals surface area (Å²) in [5.74, 6) is 0.0868. The van der Waals surface area contributed by atoms with Crippen molar-refractivity contribution in [3.05, 3.63) is 78.0 Å². The molecule has 0 radical (unpaired) electrons. The second-order valence-electron chi connectivity index (χ2n) is 5.58. The minimum Gasteiger partial charge on any atom is -0.426 e. The molecule has 4 N–H and O–H groups in total. The number of hydrogen-bond acceptors (Lipinski definition) is 6. The van der Waals surface area contributed by atoms with Crippen molar-refractivity contribution in [3.8, 4) is 0 Å². The van der Waals surface area contributed by atoms with Crippen molar-refractivity contribution in [1.82, 2.24) is 14.9 Å². The van der Waals surface area contributed by atoms with Gasteiger partial charge in [-0.25, -0.2) is 8.42 Å². The van der Waals surface area contributed by atoms with Crippen molar-refractivity contribution in [2.75, 3.05) is 0 Å². The van der Waals surface area contributed by atoms with Gasteiger partial charge in [-0.1, -0.05) is 36.4 Å². The normalized spacial score (nSPS) is 12.6. The lowest BCUT2D eigenvalue weighted by molar-refractivity contribution is 0.426. The Morgan fingerprint density at radius 1 is 1.19 bits per heavy atom. The highest BCUT2D eigenvalue weighted by Gasteiger charge is 2.25. The zero-order valence-electron chi connectivity index (χ0n) is 13.7. The van der Waals surface area contributed by atoms with Crippen LogP contribution in [0.5, 0.6) is 0 Å². The number of aromatic nitrogens is 2. The molecule has 0 aliphatic carbocycles. The summed E-state index contributed by atoms with van der Waals surface area (Å²) in [6.45, 7) is 0. The Hall–Kier alpha value is -3.04. The summed E-state index contributed by atoms with van der Waals surface area (Å²) in [5.41, 5.74) is 6.84. The van der Waals surface area contributed by atoms with Crippen molar-refractivity contribution in [3.63, 3.8) is 0 Å². The molecule has 0 spiro atoms. The third-order valence-electron chi connectivity index (χ3n) is 3.70. The SMILES string of the molecule is N=C(N)c1cccc(CC(NS(=O)(=O)c2ccccc2)c2nnco2)c1. The monoisotopic (exact) mass is 371 g/mol. The third-order valence-corrected chi connectivity index (χ3v) is 5.19.